The number of nitrogens with zero attached hydrogens (tertiary/aromatic N) is 2. The summed E-state index contributed by atoms with van der Waals surface area (Å²) < 4.78 is 20.3. The molecular formula is C22H19FN2O2. The van der Waals surface area contributed by atoms with E-state index in [1.807, 2.05) is 6.07 Å². The van der Waals surface area contributed by atoms with E-state index in [0.717, 1.165) is 24.2 Å². The van der Waals surface area contributed by atoms with Crippen molar-refractivity contribution in [1.29, 1.82) is 0 Å². The van der Waals surface area contributed by atoms with Gasteiger partial charge in [-0.1, -0.05) is 17.9 Å². The van der Waals surface area contributed by atoms with Crippen LogP contribution in [0.3, 0.4) is 0 Å². The minimum atomic E-state index is -0.312. The molecule has 0 radical (unpaired) electrons. The molecule has 0 saturated heterocycles. The first-order valence-electron chi connectivity index (χ1n) is 8.94. The summed E-state index contributed by atoms with van der Waals surface area (Å²) in [6, 6.07) is 11.6. The van der Waals surface area contributed by atoms with Crippen molar-refractivity contribution in [2.45, 2.75) is 19.4 Å². The highest BCUT2D eigenvalue weighted by atomic mass is 19.1. The van der Waals surface area contributed by atoms with Gasteiger partial charge in [0.05, 0.1) is 17.5 Å². The number of rotatable bonds is 2. The van der Waals surface area contributed by atoms with Crippen LogP contribution in [0.4, 0.5) is 4.39 Å². The number of halogens is 1. The van der Waals surface area contributed by atoms with Crippen molar-refractivity contribution in [3.8, 4) is 11.8 Å². The molecule has 0 bridgehead atoms. The molecule has 2 aromatic carbocycles. The van der Waals surface area contributed by atoms with Gasteiger partial charge in [0.15, 0.2) is 0 Å². The molecule has 4 nitrogen and oxygen atoms in total. The fourth-order valence-corrected chi connectivity index (χ4v) is 3.49. The molecule has 4 rings (SSSR count). The zero-order chi connectivity index (χ0) is 18.8. The number of benzene rings is 2. The largest absolute Gasteiger partial charge is 0.384 e. The highest BCUT2D eigenvalue weighted by molar-refractivity contribution is 5.79. The number of aryl methyl sites for hydroxylation is 1. The average Bonchev–Trinajstić information content (AvgIpc) is 2.67. The molecule has 0 N–H and O–H groups in total. The molecular weight excluding hydrogens is 343 g/mol. The van der Waals surface area contributed by atoms with Gasteiger partial charge in [0.25, 0.3) is 5.56 Å². The zero-order valence-electron chi connectivity index (χ0n) is 15.0. The van der Waals surface area contributed by atoms with Crippen molar-refractivity contribution in [2.24, 2.45) is 5.92 Å². The molecule has 1 aliphatic rings. The maximum absolute atomic E-state index is 13.3. The Morgan fingerprint density at radius 2 is 2.04 bits per heavy atom. The van der Waals surface area contributed by atoms with Crippen LogP contribution in [0.15, 0.2) is 47.3 Å². The molecule has 3 aromatic rings. The van der Waals surface area contributed by atoms with Gasteiger partial charge in [0, 0.05) is 37.1 Å². The highest BCUT2D eigenvalue weighted by Gasteiger charge is 2.21. The van der Waals surface area contributed by atoms with Gasteiger partial charge in [-0.15, -0.1) is 0 Å². The topological polar surface area (TPSA) is 44.1 Å². The Kier molecular flexibility index (Phi) is 4.74. The van der Waals surface area contributed by atoms with Crippen LogP contribution in [0.1, 0.15) is 23.4 Å². The summed E-state index contributed by atoms with van der Waals surface area (Å²) in [5, 5.41) is 0.591. The van der Waals surface area contributed by atoms with Crippen molar-refractivity contribution >= 4 is 10.9 Å². The van der Waals surface area contributed by atoms with Gasteiger partial charge in [0.2, 0.25) is 0 Å². The number of aromatic nitrogens is 2. The predicted octanol–water partition coefficient (Wildman–Crippen LogP) is 3.14. The van der Waals surface area contributed by atoms with Crippen LogP contribution in [0.2, 0.25) is 0 Å². The molecule has 0 aliphatic carbocycles. The Balaban J connectivity index is 1.70. The standard InChI is InChI=1S/C22H19FN2O2/c1-27-14-17-8-10-21-24-20-12-16(6-5-15-3-2-4-18(23)11-15)7-9-19(20)22(26)25(21)13-17/h2-4,7,9,11-12,17H,8,10,13-14H2,1H3. The SMILES string of the molecule is COCC1CCc2nc3cc(C#Cc4cccc(F)c4)ccc3c(=O)n2C1. The van der Waals surface area contributed by atoms with E-state index in [4.69, 9.17) is 9.72 Å². The monoisotopic (exact) mass is 362 g/mol. The number of hydrogen-bond donors (Lipinski definition) is 0. The van der Waals surface area contributed by atoms with Crippen LogP contribution in [0, 0.1) is 23.6 Å². The van der Waals surface area contributed by atoms with E-state index >= 15 is 0 Å². The molecule has 1 atom stereocenters. The molecule has 1 aliphatic heterocycles. The number of hydrogen-bond acceptors (Lipinski definition) is 3. The van der Waals surface area contributed by atoms with E-state index in [1.165, 1.54) is 12.1 Å². The quantitative estimate of drug-likeness (QED) is 0.658. The Hall–Kier alpha value is -2.97. The number of methoxy groups -OCH3 is 1. The van der Waals surface area contributed by atoms with Gasteiger partial charge in [-0.2, -0.15) is 0 Å². The van der Waals surface area contributed by atoms with E-state index < -0.39 is 0 Å². The van der Waals surface area contributed by atoms with Crippen LogP contribution in [-0.4, -0.2) is 23.3 Å². The summed E-state index contributed by atoms with van der Waals surface area (Å²) in [5.74, 6) is 6.82. The molecule has 27 heavy (non-hydrogen) atoms. The maximum Gasteiger partial charge on any atom is 0.261 e. The number of fused-ring (bicyclic) bond motifs is 2. The Labute approximate surface area is 156 Å². The first-order valence-corrected chi connectivity index (χ1v) is 8.94. The lowest BCUT2D eigenvalue weighted by Gasteiger charge is -2.25. The van der Waals surface area contributed by atoms with Crippen molar-refractivity contribution in [2.75, 3.05) is 13.7 Å². The fraction of sp³-hybridized carbons (Fsp3) is 0.273. The molecule has 1 unspecified atom stereocenters. The summed E-state index contributed by atoms with van der Waals surface area (Å²) in [5.41, 5.74) is 2.00. The van der Waals surface area contributed by atoms with E-state index in [9.17, 15) is 9.18 Å². The van der Waals surface area contributed by atoms with Crippen molar-refractivity contribution < 1.29 is 9.13 Å². The minimum absolute atomic E-state index is 0.0135. The summed E-state index contributed by atoms with van der Waals surface area (Å²) in [6.45, 7) is 1.30. The second kappa shape index (κ2) is 7.34. The highest BCUT2D eigenvalue weighted by Crippen LogP contribution is 2.20. The van der Waals surface area contributed by atoms with E-state index in [0.29, 0.717) is 35.5 Å². The lowest BCUT2D eigenvalue weighted by molar-refractivity contribution is 0.130. The van der Waals surface area contributed by atoms with Crippen molar-refractivity contribution in [3.63, 3.8) is 0 Å². The number of ether oxygens (including phenoxy) is 1. The molecule has 0 spiro atoms. The van der Waals surface area contributed by atoms with E-state index in [2.05, 4.69) is 11.8 Å². The third-order valence-corrected chi connectivity index (χ3v) is 4.83. The Morgan fingerprint density at radius 1 is 1.22 bits per heavy atom. The molecule has 136 valence electrons. The van der Waals surface area contributed by atoms with Gasteiger partial charge >= 0.3 is 0 Å². The van der Waals surface area contributed by atoms with Crippen molar-refractivity contribution in [1.82, 2.24) is 9.55 Å². The van der Waals surface area contributed by atoms with E-state index in [-0.39, 0.29) is 11.4 Å². The lowest BCUT2D eigenvalue weighted by Crippen LogP contribution is -2.34. The third kappa shape index (κ3) is 3.62. The summed E-state index contributed by atoms with van der Waals surface area (Å²) >= 11 is 0. The summed E-state index contributed by atoms with van der Waals surface area (Å²) in [6.07, 6.45) is 1.73. The predicted molar refractivity (Wildman–Crippen MR) is 102 cm³/mol. The smallest absolute Gasteiger partial charge is 0.261 e. The van der Waals surface area contributed by atoms with Crippen LogP contribution in [-0.2, 0) is 17.7 Å². The third-order valence-electron chi connectivity index (χ3n) is 4.83. The van der Waals surface area contributed by atoms with Gasteiger partial charge in [-0.3, -0.25) is 9.36 Å². The normalized spacial score (nSPS) is 15.9. The van der Waals surface area contributed by atoms with Crippen LogP contribution >= 0.6 is 0 Å². The minimum Gasteiger partial charge on any atom is -0.384 e. The molecule has 0 saturated carbocycles. The molecule has 0 amide bonds. The first-order chi connectivity index (χ1) is 13.1. The fourth-order valence-electron chi connectivity index (χ4n) is 3.49. The second-order valence-corrected chi connectivity index (χ2v) is 6.80. The molecule has 5 heteroatoms. The van der Waals surface area contributed by atoms with Crippen LogP contribution in [0.25, 0.3) is 10.9 Å². The first kappa shape index (κ1) is 17.4. The lowest BCUT2D eigenvalue weighted by atomic mass is 9.99. The van der Waals surface area contributed by atoms with E-state index in [1.54, 1.807) is 35.9 Å². The zero-order valence-corrected chi connectivity index (χ0v) is 15.0. The van der Waals surface area contributed by atoms with Crippen LogP contribution < -0.4 is 5.56 Å². The Morgan fingerprint density at radius 3 is 2.81 bits per heavy atom. The molecule has 2 heterocycles. The van der Waals surface area contributed by atoms with Gasteiger partial charge < -0.3 is 4.74 Å². The van der Waals surface area contributed by atoms with Crippen LogP contribution in [0.5, 0.6) is 0 Å². The van der Waals surface area contributed by atoms with Crippen molar-refractivity contribution in [3.05, 3.63) is 75.6 Å². The Bertz CT molecular complexity index is 1120. The van der Waals surface area contributed by atoms with Gasteiger partial charge in [0.1, 0.15) is 11.6 Å². The second-order valence-electron chi connectivity index (χ2n) is 6.80. The summed E-state index contributed by atoms with van der Waals surface area (Å²) in [4.78, 5) is 17.6. The van der Waals surface area contributed by atoms with Gasteiger partial charge in [-0.05, 0) is 42.8 Å². The average molecular weight is 362 g/mol. The molecule has 0 fully saturated rings. The molecule has 1 aromatic heterocycles. The van der Waals surface area contributed by atoms with Gasteiger partial charge in [-0.25, -0.2) is 9.37 Å². The summed E-state index contributed by atoms with van der Waals surface area (Å²) in [7, 11) is 1.68. The maximum atomic E-state index is 13.3.